The molecule has 1 N–H and O–H groups in total. The van der Waals surface area contributed by atoms with Crippen LogP contribution >= 0.6 is 0 Å². The van der Waals surface area contributed by atoms with Crippen LogP contribution < -0.4 is 0 Å². The van der Waals surface area contributed by atoms with E-state index >= 15 is 0 Å². The van der Waals surface area contributed by atoms with E-state index in [9.17, 15) is 5.11 Å². The Bertz CT molecular complexity index is 306. The van der Waals surface area contributed by atoms with E-state index in [1.165, 1.54) is 5.56 Å². The van der Waals surface area contributed by atoms with Crippen LogP contribution in [0.15, 0.2) is 36.4 Å². The Balaban J connectivity index is 2.48. The molecule has 15 heavy (non-hydrogen) atoms. The maximum Gasteiger partial charge on any atom is 0.0622 e. The molecule has 0 aliphatic rings. The number of rotatable bonds is 3. The molecule has 1 atom stereocenters. The van der Waals surface area contributed by atoms with Gasteiger partial charge in [0.15, 0.2) is 0 Å². The van der Waals surface area contributed by atoms with Gasteiger partial charge in [-0.25, -0.2) is 0 Å². The molecule has 0 fully saturated rings. The predicted octanol–water partition coefficient (Wildman–Crippen LogP) is 3.50. The van der Waals surface area contributed by atoms with Gasteiger partial charge in [0, 0.05) is 0 Å². The highest BCUT2D eigenvalue weighted by molar-refractivity contribution is 5.48. The van der Waals surface area contributed by atoms with Crippen LogP contribution in [0.5, 0.6) is 0 Å². The molecule has 0 aromatic heterocycles. The number of hydrogen-bond acceptors (Lipinski definition) is 1. The van der Waals surface area contributed by atoms with Crippen LogP contribution in [0.1, 0.15) is 32.8 Å². The van der Waals surface area contributed by atoms with Crippen LogP contribution in [0.2, 0.25) is 0 Å². The van der Waals surface area contributed by atoms with E-state index in [2.05, 4.69) is 18.2 Å². The SMILES string of the molecule is CC(C)(C)C(O)CC=Cc1ccccc1. The highest BCUT2D eigenvalue weighted by Crippen LogP contribution is 2.22. The van der Waals surface area contributed by atoms with E-state index < -0.39 is 0 Å². The average Bonchev–Trinajstić information content (AvgIpc) is 2.18. The van der Waals surface area contributed by atoms with Gasteiger partial charge in [0.1, 0.15) is 0 Å². The minimum Gasteiger partial charge on any atom is -0.392 e. The van der Waals surface area contributed by atoms with Gasteiger partial charge in [-0.15, -0.1) is 0 Å². The Morgan fingerprint density at radius 2 is 1.80 bits per heavy atom. The summed E-state index contributed by atoms with van der Waals surface area (Å²) in [5.41, 5.74) is 1.14. The fourth-order valence-electron chi connectivity index (χ4n) is 1.25. The van der Waals surface area contributed by atoms with Gasteiger partial charge >= 0.3 is 0 Å². The maximum atomic E-state index is 9.81. The van der Waals surface area contributed by atoms with Crippen molar-refractivity contribution in [1.29, 1.82) is 0 Å². The van der Waals surface area contributed by atoms with Crippen LogP contribution in [-0.2, 0) is 0 Å². The summed E-state index contributed by atoms with van der Waals surface area (Å²) in [6.07, 6.45) is 4.51. The van der Waals surface area contributed by atoms with Crippen molar-refractivity contribution in [2.45, 2.75) is 33.3 Å². The maximum absolute atomic E-state index is 9.81. The first-order valence-corrected chi connectivity index (χ1v) is 5.40. The van der Waals surface area contributed by atoms with Crippen molar-refractivity contribution in [1.82, 2.24) is 0 Å². The smallest absolute Gasteiger partial charge is 0.0622 e. The van der Waals surface area contributed by atoms with Crippen LogP contribution in [0, 0.1) is 5.41 Å². The number of benzene rings is 1. The molecule has 1 unspecified atom stereocenters. The molecule has 0 amide bonds. The molecule has 0 aliphatic heterocycles. The molecule has 82 valence electrons. The molecule has 0 heterocycles. The zero-order chi connectivity index (χ0) is 11.3. The lowest BCUT2D eigenvalue weighted by Crippen LogP contribution is -2.24. The quantitative estimate of drug-likeness (QED) is 0.799. The van der Waals surface area contributed by atoms with Gasteiger partial charge < -0.3 is 5.11 Å². The first-order valence-electron chi connectivity index (χ1n) is 5.40. The predicted molar refractivity (Wildman–Crippen MR) is 65.6 cm³/mol. The summed E-state index contributed by atoms with van der Waals surface area (Å²) in [5, 5.41) is 9.81. The summed E-state index contributed by atoms with van der Waals surface area (Å²) in [6, 6.07) is 10.1. The first-order chi connectivity index (χ1) is 7.00. The van der Waals surface area contributed by atoms with Gasteiger partial charge in [-0.2, -0.15) is 0 Å². The first kappa shape index (κ1) is 12.0. The summed E-state index contributed by atoms with van der Waals surface area (Å²) in [5.74, 6) is 0. The van der Waals surface area contributed by atoms with Crippen molar-refractivity contribution in [3.05, 3.63) is 42.0 Å². The Kier molecular flexibility index (Phi) is 4.10. The second-order valence-electron chi connectivity index (χ2n) is 4.93. The Labute approximate surface area is 92.5 Å². The van der Waals surface area contributed by atoms with Crippen LogP contribution in [0.3, 0.4) is 0 Å². The normalized spacial score (nSPS) is 14.4. The molecular weight excluding hydrogens is 184 g/mol. The molecule has 0 aliphatic carbocycles. The van der Waals surface area contributed by atoms with Gasteiger partial charge in [0.05, 0.1) is 6.10 Å². The molecule has 0 spiro atoms. The van der Waals surface area contributed by atoms with Crippen molar-refractivity contribution in [2.24, 2.45) is 5.41 Å². The third kappa shape index (κ3) is 4.30. The van der Waals surface area contributed by atoms with E-state index in [-0.39, 0.29) is 11.5 Å². The highest BCUT2D eigenvalue weighted by Gasteiger charge is 2.20. The summed E-state index contributed by atoms with van der Waals surface area (Å²) < 4.78 is 0. The van der Waals surface area contributed by atoms with Gasteiger partial charge in [0.2, 0.25) is 0 Å². The largest absolute Gasteiger partial charge is 0.392 e. The van der Waals surface area contributed by atoms with Gasteiger partial charge in [0.25, 0.3) is 0 Å². The second-order valence-corrected chi connectivity index (χ2v) is 4.93. The van der Waals surface area contributed by atoms with E-state index in [0.717, 1.165) is 0 Å². The Hall–Kier alpha value is -1.08. The molecule has 0 saturated heterocycles. The van der Waals surface area contributed by atoms with Crippen LogP contribution in [0.25, 0.3) is 6.08 Å². The van der Waals surface area contributed by atoms with Crippen molar-refractivity contribution in [2.75, 3.05) is 0 Å². The molecule has 1 heteroatoms. The molecule has 1 nitrogen and oxygen atoms in total. The third-order valence-electron chi connectivity index (χ3n) is 2.47. The van der Waals surface area contributed by atoms with Crippen molar-refractivity contribution >= 4 is 6.08 Å². The molecule has 0 saturated carbocycles. The van der Waals surface area contributed by atoms with E-state index in [1.54, 1.807) is 0 Å². The van der Waals surface area contributed by atoms with E-state index in [1.807, 2.05) is 45.0 Å². The third-order valence-corrected chi connectivity index (χ3v) is 2.47. The minimum absolute atomic E-state index is 0.0406. The van der Waals surface area contributed by atoms with E-state index in [4.69, 9.17) is 0 Å². The van der Waals surface area contributed by atoms with Gasteiger partial charge in [-0.3, -0.25) is 0 Å². The van der Waals surface area contributed by atoms with Crippen molar-refractivity contribution in [3.63, 3.8) is 0 Å². The Morgan fingerprint density at radius 1 is 1.20 bits per heavy atom. The molecule has 1 rings (SSSR count). The van der Waals surface area contributed by atoms with E-state index in [0.29, 0.717) is 6.42 Å². The lowest BCUT2D eigenvalue weighted by atomic mass is 9.87. The number of aliphatic hydroxyl groups is 1. The molecule has 0 bridgehead atoms. The summed E-state index contributed by atoms with van der Waals surface area (Å²) >= 11 is 0. The van der Waals surface area contributed by atoms with Crippen LogP contribution in [-0.4, -0.2) is 11.2 Å². The molecule has 0 radical (unpaired) electrons. The van der Waals surface area contributed by atoms with Crippen LogP contribution in [0.4, 0.5) is 0 Å². The summed E-state index contributed by atoms with van der Waals surface area (Å²) in [6.45, 7) is 6.15. The lowest BCUT2D eigenvalue weighted by molar-refractivity contribution is 0.0661. The van der Waals surface area contributed by atoms with Gasteiger partial charge in [-0.05, 0) is 17.4 Å². The van der Waals surface area contributed by atoms with Gasteiger partial charge in [-0.1, -0.05) is 63.3 Å². The zero-order valence-corrected chi connectivity index (χ0v) is 9.77. The fourth-order valence-corrected chi connectivity index (χ4v) is 1.25. The minimum atomic E-state index is -0.280. The number of aliphatic hydroxyl groups excluding tert-OH is 1. The monoisotopic (exact) mass is 204 g/mol. The average molecular weight is 204 g/mol. The standard InChI is InChI=1S/C14H20O/c1-14(2,3)13(15)11-7-10-12-8-5-4-6-9-12/h4-10,13,15H,11H2,1-3H3. The molecule has 1 aromatic carbocycles. The van der Waals surface area contributed by atoms with Crippen molar-refractivity contribution < 1.29 is 5.11 Å². The Morgan fingerprint density at radius 3 is 2.33 bits per heavy atom. The highest BCUT2D eigenvalue weighted by atomic mass is 16.3. The summed E-state index contributed by atoms with van der Waals surface area (Å²) in [4.78, 5) is 0. The number of hydrogen-bond donors (Lipinski definition) is 1. The second kappa shape index (κ2) is 5.13. The lowest BCUT2D eigenvalue weighted by Gasteiger charge is -2.24. The van der Waals surface area contributed by atoms with Crippen molar-refractivity contribution in [3.8, 4) is 0 Å². The zero-order valence-electron chi connectivity index (χ0n) is 9.77. The summed E-state index contributed by atoms with van der Waals surface area (Å²) in [7, 11) is 0. The molecular formula is C14H20O. The fraction of sp³-hybridized carbons (Fsp3) is 0.429. The topological polar surface area (TPSA) is 20.2 Å². The molecule has 1 aromatic rings.